The number of ether oxygens (including phenoxy) is 2. The minimum Gasteiger partial charge on any atom is -0.481 e. The van der Waals surface area contributed by atoms with E-state index >= 15 is 0 Å². The summed E-state index contributed by atoms with van der Waals surface area (Å²) in [5.74, 6) is 0.308. The number of carboxylic acid groups (broad SMARTS) is 1. The van der Waals surface area contributed by atoms with Crippen molar-refractivity contribution in [3.05, 3.63) is 23.8 Å². The van der Waals surface area contributed by atoms with Gasteiger partial charge in [0, 0.05) is 13.0 Å². The highest BCUT2D eigenvalue weighted by Gasteiger charge is 2.25. The van der Waals surface area contributed by atoms with E-state index in [0.717, 1.165) is 5.56 Å². The largest absolute Gasteiger partial charge is 0.481 e. The minimum atomic E-state index is -0.899. The van der Waals surface area contributed by atoms with Gasteiger partial charge in [0.25, 0.3) is 0 Å². The predicted octanol–water partition coefficient (Wildman–Crippen LogP) is 1.92. The van der Waals surface area contributed by atoms with E-state index in [9.17, 15) is 9.59 Å². The van der Waals surface area contributed by atoms with Crippen molar-refractivity contribution in [3.8, 4) is 11.5 Å². The average Bonchev–Trinajstić information content (AvgIpc) is 2.81. The van der Waals surface area contributed by atoms with Gasteiger partial charge in [0.2, 0.25) is 12.7 Å². The maximum absolute atomic E-state index is 11.9. The van der Waals surface area contributed by atoms with Crippen LogP contribution in [0.5, 0.6) is 11.5 Å². The molecule has 2 rings (SSSR count). The zero-order chi connectivity index (χ0) is 15.5. The second-order valence-electron chi connectivity index (χ2n) is 5.88. The van der Waals surface area contributed by atoms with Crippen molar-refractivity contribution < 1.29 is 24.2 Å². The van der Waals surface area contributed by atoms with E-state index in [1.165, 1.54) is 0 Å². The van der Waals surface area contributed by atoms with Gasteiger partial charge in [-0.25, -0.2) is 0 Å². The van der Waals surface area contributed by atoms with Gasteiger partial charge in [-0.3, -0.25) is 9.59 Å². The Labute approximate surface area is 123 Å². The van der Waals surface area contributed by atoms with Crippen molar-refractivity contribution in [1.29, 1.82) is 0 Å². The summed E-state index contributed by atoms with van der Waals surface area (Å²) in [5.41, 5.74) is 0.341. The van der Waals surface area contributed by atoms with Crippen LogP contribution in [0.1, 0.15) is 32.3 Å². The standard InChI is InChI=1S/C15H19NO5/c1-15(2,7-14(18)19)6-13(17)16-8-10-3-4-11-12(5-10)21-9-20-11/h3-5H,6-9H2,1-2H3,(H,16,17)(H,18,19). The zero-order valence-corrected chi connectivity index (χ0v) is 12.1. The first kappa shape index (κ1) is 15.2. The summed E-state index contributed by atoms with van der Waals surface area (Å²) in [5, 5.41) is 11.6. The lowest BCUT2D eigenvalue weighted by Crippen LogP contribution is -2.29. The fraction of sp³-hybridized carbons (Fsp3) is 0.467. The van der Waals surface area contributed by atoms with Crippen LogP contribution in [-0.4, -0.2) is 23.8 Å². The quantitative estimate of drug-likeness (QED) is 0.837. The van der Waals surface area contributed by atoms with Crippen LogP contribution in [0, 0.1) is 5.41 Å². The molecule has 6 nitrogen and oxygen atoms in total. The molecule has 0 unspecified atom stereocenters. The van der Waals surface area contributed by atoms with Crippen LogP contribution in [0.3, 0.4) is 0 Å². The minimum absolute atomic E-state index is 0.0373. The first-order valence-electron chi connectivity index (χ1n) is 6.73. The molecule has 0 atom stereocenters. The highest BCUT2D eigenvalue weighted by atomic mass is 16.7. The van der Waals surface area contributed by atoms with E-state index in [0.29, 0.717) is 18.0 Å². The van der Waals surface area contributed by atoms with E-state index in [4.69, 9.17) is 14.6 Å². The van der Waals surface area contributed by atoms with Crippen LogP contribution in [0.25, 0.3) is 0 Å². The molecule has 1 aliphatic heterocycles. The molecule has 1 heterocycles. The first-order valence-corrected chi connectivity index (χ1v) is 6.73. The van der Waals surface area contributed by atoms with E-state index in [1.54, 1.807) is 19.9 Å². The Balaban J connectivity index is 1.85. The van der Waals surface area contributed by atoms with Gasteiger partial charge in [-0.1, -0.05) is 19.9 Å². The fourth-order valence-corrected chi connectivity index (χ4v) is 2.22. The van der Waals surface area contributed by atoms with Crippen LogP contribution in [0.15, 0.2) is 18.2 Å². The predicted molar refractivity (Wildman–Crippen MR) is 75.1 cm³/mol. The molecule has 1 amide bonds. The summed E-state index contributed by atoms with van der Waals surface area (Å²) in [7, 11) is 0. The van der Waals surface area contributed by atoms with E-state index < -0.39 is 11.4 Å². The van der Waals surface area contributed by atoms with Crippen molar-refractivity contribution in [2.75, 3.05) is 6.79 Å². The van der Waals surface area contributed by atoms with Gasteiger partial charge in [-0.2, -0.15) is 0 Å². The summed E-state index contributed by atoms with van der Waals surface area (Å²) in [6, 6.07) is 5.49. The van der Waals surface area contributed by atoms with E-state index in [1.807, 2.05) is 12.1 Å². The van der Waals surface area contributed by atoms with Gasteiger partial charge < -0.3 is 19.9 Å². The van der Waals surface area contributed by atoms with Crippen LogP contribution in [-0.2, 0) is 16.1 Å². The molecular weight excluding hydrogens is 274 g/mol. The summed E-state index contributed by atoms with van der Waals surface area (Å²) in [6.07, 6.45) is 0.133. The third-order valence-electron chi connectivity index (χ3n) is 3.20. The lowest BCUT2D eigenvalue weighted by molar-refractivity contribution is -0.139. The lowest BCUT2D eigenvalue weighted by Gasteiger charge is -2.21. The van der Waals surface area contributed by atoms with Gasteiger partial charge in [-0.15, -0.1) is 0 Å². The molecule has 0 spiro atoms. The van der Waals surface area contributed by atoms with Gasteiger partial charge in [0.1, 0.15) is 0 Å². The Morgan fingerprint density at radius 3 is 2.67 bits per heavy atom. The molecule has 0 aliphatic carbocycles. The lowest BCUT2D eigenvalue weighted by atomic mass is 9.85. The second kappa shape index (κ2) is 6.03. The van der Waals surface area contributed by atoms with Crippen LogP contribution < -0.4 is 14.8 Å². The Morgan fingerprint density at radius 1 is 1.24 bits per heavy atom. The van der Waals surface area contributed by atoms with Gasteiger partial charge >= 0.3 is 5.97 Å². The van der Waals surface area contributed by atoms with Crippen molar-refractivity contribution in [3.63, 3.8) is 0 Å². The Hall–Kier alpha value is -2.24. The summed E-state index contributed by atoms with van der Waals surface area (Å²) in [4.78, 5) is 22.6. The molecule has 0 saturated heterocycles. The van der Waals surface area contributed by atoms with Crippen molar-refractivity contribution >= 4 is 11.9 Å². The number of benzene rings is 1. The number of fused-ring (bicyclic) bond motifs is 1. The smallest absolute Gasteiger partial charge is 0.303 e. The number of nitrogens with one attached hydrogen (secondary N) is 1. The van der Waals surface area contributed by atoms with Crippen LogP contribution in [0.4, 0.5) is 0 Å². The normalized spacial score (nSPS) is 13.0. The molecule has 6 heteroatoms. The molecule has 0 bridgehead atoms. The number of amides is 1. The molecule has 0 aromatic heterocycles. The molecular formula is C15H19NO5. The van der Waals surface area contributed by atoms with Crippen molar-refractivity contribution in [1.82, 2.24) is 5.32 Å². The number of carbonyl (C=O) groups excluding carboxylic acids is 1. The maximum atomic E-state index is 11.9. The Morgan fingerprint density at radius 2 is 1.95 bits per heavy atom. The Kier molecular flexibility index (Phi) is 4.35. The monoisotopic (exact) mass is 293 g/mol. The molecule has 1 aliphatic rings. The van der Waals surface area contributed by atoms with Crippen molar-refractivity contribution in [2.24, 2.45) is 5.41 Å². The molecule has 1 aromatic rings. The zero-order valence-electron chi connectivity index (χ0n) is 12.1. The SMILES string of the molecule is CC(C)(CC(=O)O)CC(=O)NCc1ccc2c(c1)OCO2. The average molecular weight is 293 g/mol. The molecule has 21 heavy (non-hydrogen) atoms. The molecule has 1 aromatic carbocycles. The second-order valence-corrected chi connectivity index (χ2v) is 5.88. The van der Waals surface area contributed by atoms with E-state index in [-0.39, 0.29) is 25.5 Å². The van der Waals surface area contributed by atoms with E-state index in [2.05, 4.69) is 5.32 Å². The molecule has 114 valence electrons. The number of aliphatic carboxylic acids is 1. The molecule has 0 radical (unpaired) electrons. The third kappa shape index (κ3) is 4.37. The number of hydrogen-bond acceptors (Lipinski definition) is 4. The van der Waals surface area contributed by atoms with Crippen molar-refractivity contribution in [2.45, 2.75) is 33.2 Å². The number of rotatable bonds is 6. The highest BCUT2D eigenvalue weighted by molar-refractivity contribution is 5.77. The number of carboxylic acids is 1. The van der Waals surface area contributed by atoms with Gasteiger partial charge in [0.15, 0.2) is 11.5 Å². The topological polar surface area (TPSA) is 84.9 Å². The first-order chi connectivity index (χ1) is 9.85. The van der Waals surface area contributed by atoms with Crippen LogP contribution >= 0.6 is 0 Å². The highest BCUT2D eigenvalue weighted by Crippen LogP contribution is 2.32. The Bertz CT molecular complexity index is 553. The van der Waals surface area contributed by atoms with Gasteiger partial charge in [-0.05, 0) is 23.1 Å². The van der Waals surface area contributed by atoms with Crippen LogP contribution in [0.2, 0.25) is 0 Å². The maximum Gasteiger partial charge on any atom is 0.303 e. The number of carbonyl (C=O) groups is 2. The fourth-order valence-electron chi connectivity index (χ4n) is 2.22. The molecule has 2 N–H and O–H groups in total. The molecule has 0 fully saturated rings. The molecule has 0 saturated carbocycles. The number of hydrogen-bond donors (Lipinski definition) is 2. The summed E-state index contributed by atoms with van der Waals surface area (Å²) >= 11 is 0. The third-order valence-corrected chi connectivity index (χ3v) is 3.20. The van der Waals surface area contributed by atoms with Gasteiger partial charge in [0.05, 0.1) is 6.42 Å². The summed E-state index contributed by atoms with van der Waals surface area (Å²) < 4.78 is 10.5. The summed E-state index contributed by atoms with van der Waals surface area (Å²) in [6.45, 7) is 4.12.